The number of ether oxygens (including phenoxy) is 1. The van der Waals surface area contributed by atoms with Gasteiger partial charge in [-0.3, -0.25) is 4.98 Å². The second kappa shape index (κ2) is 15.6. The minimum atomic E-state index is -0.292. The number of nitrogens with zero attached hydrogens (tertiary/aromatic N) is 1. The summed E-state index contributed by atoms with van der Waals surface area (Å²) in [5.41, 5.74) is 4.00. The molecule has 1 unspecified atom stereocenters. The molecule has 0 aliphatic carbocycles. The molecule has 0 saturated heterocycles. The van der Waals surface area contributed by atoms with E-state index in [1.54, 1.807) is 6.20 Å². The lowest BCUT2D eigenvalue weighted by atomic mass is 10.0. The molecule has 1 atom stereocenters. The Labute approximate surface area is 196 Å². The van der Waals surface area contributed by atoms with E-state index in [4.69, 9.17) is 4.74 Å². The lowest BCUT2D eigenvalue weighted by Crippen LogP contribution is -2.12. The van der Waals surface area contributed by atoms with Crippen LogP contribution in [0.1, 0.15) is 125 Å². The third kappa shape index (κ3) is 9.54. The average Bonchev–Trinajstić information content (AvgIpc) is 2.83. The van der Waals surface area contributed by atoms with Crippen LogP contribution in [-0.4, -0.2) is 11.0 Å². The number of hydrogen-bond donors (Lipinski definition) is 0. The smallest absolute Gasteiger partial charge is 0.340 e. The first kappa shape index (κ1) is 26.1. The quantitative estimate of drug-likeness (QED) is 0.195. The van der Waals surface area contributed by atoms with Gasteiger partial charge < -0.3 is 4.74 Å². The molecule has 3 nitrogen and oxygen atoms in total. The Morgan fingerprint density at radius 2 is 1.41 bits per heavy atom. The molecule has 0 aliphatic heterocycles. The number of carbonyl (C=O) groups excluding carboxylic acids is 1. The van der Waals surface area contributed by atoms with E-state index in [0.717, 1.165) is 36.9 Å². The fourth-order valence-corrected chi connectivity index (χ4v) is 4.02. The van der Waals surface area contributed by atoms with Gasteiger partial charge in [-0.25, -0.2) is 4.79 Å². The second-order valence-corrected chi connectivity index (χ2v) is 8.91. The summed E-state index contributed by atoms with van der Waals surface area (Å²) in [5, 5.41) is 0. The summed E-state index contributed by atoms with van der Waals surface area (Å²) in [5.74, 6) is -0.292. The summed E-state index contributed by atoms with van der Waals surface area (Å²) in [7, 11) is 0. The second-order valence-electron chi connectivity index (χ2n) is 8.91. The number of aryl methyl sites for hydroxylation is 2. The van der Waals surface area contributed by atoms with Crippen LogP contribution in [0.25, 0.3) is 0 Å². The molecular formula is C29H43NO2. The van der Waals surface area contributed by atoms with E-state index in [9.17, 15) is 4.79 Å². The van der Waals surface area contributed by atoms with Crippen LogP contribution in [-0.2, 0) is 17.6 Å². The highest BCUT2D eigenvalue weighted by molar-refractivity contribution is 5.89. The van der Waals surface area contributed by atoms with Crippen molar-refractivity contribution < 1.29 is 9.53 Å². The number of carbonyl (C=O) groups is 1. The highest BCUT2D eigenvalue weighted by Gasteiger charge is 2.17. The minimum Gasteiger partial charge on any atom is -0.454 e. The van der Waals surface area contributed by atoms with Gasteiger partial charge in [0.25, 0.3) is 0 Å². The van der Waals surface area contributed by atoms with Gasteiger partial charge in [-0.2, -0.15) is 0 Å². The van der Waals surface area contributed by atoms with Gasteiger partial charge in [-0.1, -0.05) is 96.4 Å². The Bertz CT molecular complexity index is 752. The van der Waals surface area contributed by atoms with Crippen molar-refractivity contribution in [1.82, 2.24) is 4.98 Å². The Kier molecular flexibility index (Phi) is 12.7. The van der Waals surface area contributed by atoms with Crippen LogP contribution in [0.15, 0.2) is 42.6 Å². The molecule has 2 rings (SSSR count). The van der Waals surface area contributed by atoms with Crippen LogP contribution in [0.2, 0.25) is 0 Å². The van der Waals surface area contributed by atoms with Crippen LogP contribution in [0, 0.1) is 0 Å². The van der Waals surface area contributed by atoms with Gasteiger partial charge in [0.05, 0.1) is 5.56 Å². The van der Waals surface area contributed by atoms with E-state index in [0.29, 0.717) is 5.56 Å². The average molecular weight is 438 g/mol. The Morgan fingerprint density at radius 1 is 0.781 bits per heavy atom. The fourth-order valence-electron chi connectivity index (χ4n) is 4.02. The summed E-state index contributed by atoms with van der Waals surface area (Å²) in [6.45, 7) is 6.53. The van der Waals surface area contributed by atoms with E-state index in [2.05, 4.69) is 50.0 Å². The predicted octanol–water partition coefficient (Wildman–Crippen LogP) is 8.42. The standard InChI is InChI=1S/C29H43NO2/c1-4-7-9-11-12-14-16-27-22-21-26(23-30-27)29(31)32-28(6-3)25-19-17-24(18-20-25)15-13-10-8-5-2/h17-23,28H,4-16H2,1-3H3. The van der Waals surface area contributed by atoms with Gasteiger partial charge in [-0.15, -0.1) is 0 Å². The molecule has 0 spiro atoms. The van der Waals surface area contributed by atoms with Gasteiger partial charge >= 0.3 is 5.97 Å². The molecule has 0 bridgehead atoms. The number of benzene rings is 1. The number of rotatable bonds is 16. The molecule has 0 amide bonds. The fraction of sp³-hybridized carbons (Fsp3) is 0.586. The molecule has 0 N–H and O–H groups in total. The summed E-state index contributed by atoms with van der Waals surface area (Å²) >= 11 is 0. The summed E-state index contributed by atoms with van der Waals surface area (Å²) in [4.78, 5) is 17.2. The molecule has 1 aromatic heterocycles. The first-order chi connectivity index (χ1) is 15.7. The van der Waals surface area contributed by atoms with E-state index in [-0.39, 0.29) is 12.1 Å². The highest BCUT2D eigenvalue weighted by Crippen LogP contribution is 2.23. The number of pyridine rings is 1. The van der Waals surface area contributed by atoms with Crippen LogP contribution in [0.3, 0.4) is 0 Å². The maximum absolute atomic E-state index is 12.7. The normalized spacial score (nSPS) is 12.0. The topological polar surface area (TPSA) is 39.2 Å². The first-order valence-corrected chi connectivity index (χ1v) is 12.9. The molecule has 0 fully saturated rings. The van der Waals surface area contributed by atoms with Crippen molar-refractivity contribution in [2.24, 2.45) is 0 Å². The van der Waals surface area contributed by atoms with Crippen molar-refractivity contribution in [2.45, 2.75) is 110 Å². The van der Waals surface area contributed by atoms with Gasteiger partial charge in [0, 0.05) is 11.9 Å². The van der Waals surface area contributed by atoms with Crippen molar-refractivity contribution >= 4 is 5.97 Å². The summed E-state index contributed by atoms with van der Waals surface area (Å²) in [6.07, 6.45) is 17.0. The molecule has 1 aromatic carbocycles. The van der Waals surface area contributed by atoms with E-state index >= 15 is 0 Å². The third-order valence-corrected chi connectivity index (χ3v) is 6.14. The molecule has 3 heteroatoms. The van der Waals surface area contributed by atoms with Crippen LogP contribution in [0.4, 0.5) is 0 Å². The van der Waals surface area contributed by atoms with E-state index in [1.807, 2.05) is 12.1 Å². The number of aromatic nitrogens is 1. The molecular weight excluding hydrogens is 394 g/mol. The maximum Gasteiger partial charge on any atom is 0.340 e. The zero-order chi connectivity index (χ0) is 23.0. The van der Waals surface area contributed by atoms with Crippen LogP contribution in [0.5, 0.6) is 0 Å². The van der Waals surface area contributed by atoms with E-state index in [1.165, 1.54) is 63.4 Å². The molecule has 0 aliphatic rings. The van der Waals surface area contributed by atoms with E-state index < -0.39 is 0 Å². The third-order valence-electron chi connectivity index (χ3n) is 6.14. The van der Waals surface area contributed by atoms with Crippen molar-refractivity contribution in [1.29, 1.82) is 0 Å². The molecule has 2 aromatic rings. The number of esters is 1. The maximum atomic E-state index is 12.7. The zero-order valence-corrected chi connectivity index (χ0v) is 20.6. The lowest BCUT2D eigenvalue weighted by molar-refractivity contribution is 0.0287. The zero-order valence-electron chi connectivity index (χ0n) is 20.6. The predicted molar refractivity (Wildman–Crippen MR) is 134 cm³/mol. The highest BCUT2D eigenvalue weighted by atomic mass is 16.5. The van der Waals surface area contributed by atoms with Gasteiger partial charge in [0.2, 0.25) is 0 Å². The van der Waals surface area contributed by atoms with Crippen molar-refractivity contribution in [3.05, 3.63) is 65.0 Å². The Balaban J connectivity index is 1.82. The minimum absolute atomic E-state index is 0.223. The van der Waals surface area contributed by atoms with Gasteiger partial charge in [-0.05, 0) is 55.4 Å². The summed E-state index contributed by atoms with van der Waals surface area (Å²) in [6, 6.07) is 12.4. The Morgan fingerprint density at radius 3 is 2.03 bits per heavy atom. The molecule has 176 valence electrons. The first-order valence-electron chi connectivity index (χ1n) is 12.9. The number of unbranched alkanes of at least 4 members (excludes halogenated alkanes) is 8. The van der Waals surface area contributed by atoms with Crippen molar-refractivity contribution in [3.63, 3.8) is 0 Å². The SMILES string of the molecule is CCCCCCCCc1ccc(C(=O)OC(CC)c2ccc(CCCCCC)cc2)cn1. The summed E-state index contributed by atoms with van der Waals surface area (Å²) < 4.78 is 5.82. The monoisotopic (exact) mass is 437 g/mol. The molecule has 32 heavy (non-hydrogen) atoms. The van der Waals surface area contributed by atoms with Gasteiger partial charge in [0.15, 0.2) is 0 Å². The van der Waals surface area contributed by atoms with Crippen LogP contribution >= 0.6 is 0 Å². The van der Waals surface area contributed by atoms with Crippen molar-refractivity contribution in [3.8, 4) is 0 Å². The molecule has 1 heterocycles. The largest absolute Gasteiger partial charge is 0.454 e. The Hall–Kier alpha value is -2.16. The molecule has 0 radical (unpaired) electrons. The van der Waals surface area contributed by atoms with Crippen molar-refractivity contribution in [2.75, 3.05) is 0 Å². The molecule has 0 saturated carbocycles. The lowest BCUT2D eigenvalue weighted by Gasteiger charge is -2.17. The van der Waals surface area contributed by atoms with Crippen LogP contribution < -0.4 is 0 Å². The number of hydrogen-bond acceptors (Lipinski definition) is 3. The van der Waals surface area contributed by atoms with Gasteiger partial charge in [0.1, 0.15) is 6.10 Å².